The Bertz CT molecular complexity index is 329. The van der Waals surface area contributed by atoms with Gasteiger partial charge in [0, 0.05) is 36.3 Å². The van der Waals surface area contributed by atoms with Gasteiger partial charge in [0.1, 0.15) is 5.82 Å². The van der Waals surface area contributed by atoms with Gasteiger partial charge in [-0.3, -0.25) is 0 Å². The van der Waals surface area contributed by atoms with Gasteiger partial charge in [0.2, 0.25) is 0 Å². The fraction of sp³-hybridized carbons (Fsp3) is 0.500. The SMILES string of the molecule is CC(C)NCCNCc1ccc(Cl)cc1F. The van der Waals surface area contributed by atoms with E-state index in [9.17, 15) is 4.39 Å². The van der Waals surface area contributed by atoms with Crippen molar-refractivity contribution in [3.8, 4) is 0 Å². The maximum atomic E-state index is 13.3. The van der Waals surface area contributed by atoms with E-state index in [1.165, 1.54) is 6.07 Å². The lowest BCUT2D eigenvalue weighted by Gasteiger charge is -2.09. The quantitative estimate of drug-likeness (QED) is 0.752. The fourth-order valence-electron chi connectivity index (χ4n) is 1.34. The Morgan fingerprint density at radius 3 is 2.69 bits per heavy atom. The second-order valence-corrected chi connectivity index (χ2v) is 4.46. The van der Waals surface area contributed by atoms with Crippen molar-refractivity contribution < 1.29 is 4.39 Å². The summed E-state index contributed by atoms with van der Waals surface area (Å²) in [5, 5.41) is 6.88. The zero-order valence-electron chi connectivity index (χ0n) is 9.69. The Morgan fingerprint density at radius 2 is 2.06 bits per heavy atom. The molecule has 0 heterocycles. The van der Waals surface area contributed by atoms with Crippen molar-refractivity contribution in [2.45, 2.75) is 26.4 Å². The highest BCUT2D eigenvalue weighted by atomic mass is 35.5. The molecule has 16 heavy (non-hydrogen) atoms. The lowest BCUT2D eigenvalue weighted by molar-refractivity contribution is 0.544. The molecule has 0 spiro atoms. The van der Waals surface area contributed by atoms with Crippen molar-refractivity contribution in [2.75, 3.05) is 13.1 Å². The van der Waals surface area contributed by atoms with Crippen LogP contribution in [0.25, 0.3) is 0 Å². The van der Waals surface area contributed by atoms with Crippen molar-refractivity contribution >= 4 is 11.6 Å². The maximum Gasteiger partial charge on any atom is 0.129 e. The maximum absolute atomic E-state index is 13.3. The highest BCUT2D eigenvalue weighted by molar-refractivity contribution is 6.30. The van der Waals surface area contributed by atoms with E-state index >= 15 is 0 Å². The minimum absolute atomic E-state index is 0.253. The molecule has 0 bridgehead atoms. The van der Waals surface area contributed by atoms with Crippen LogP contribution in [-0.2, 0) is 6.54 Å². The molecule has 1 aromatic carbocycles. The van der Waals surface area contributed by atoms with Crippen LogP contribution in [0.1, 0.15) is 19.4 Å². The third-order valence-electron chi connectivity index (χ3n) is 2.18. The largest absolute Gasteiger partial charge is 0.313 e. The van der Waals surface area contributed by atoms with Gasteiger partial charge < -0.3 is 10.6 Å². The summed E-state index contributed by atoms with van der Waals surface area (Å²) in [6, 6.07) is 5.23. The molecule has 2 nitrogen and oxygen atoms in total. The molecule has 0 amide bonds. The third-order valence-corrected chi connectivity index (χ3v) is 2.42. The number of nitrogens with one attached hydrogen (secondary N) is 2. The van der Waals surface area contributed by atoms with Crippen LogP contribution in [0.3, 0.4) is 0 Å². The molecule has 0 unspecified atom stereocenters. The summed E-state index contributed by atoms with van der Waals surface area (Å²) in [6.07, 6.45) is 0. The zero-order valence-corrected chi connectivity index (χ0v) is 10.4. The van der Waals surface area contributed by atoms with Crippen molar-refractivity contribution in [3.05, 3.63) is 34.6 Å². The summed E-state index contributed by atoms with van der Waals surface area (Å²) in [5.41, 5.74) is 0.647. The van der Waals surface area contributed by atoms with Crippen LogP contribution in [0.2, 0.25) is 5.02 Å². The Labute approximate surface area is 101 Å². The first-order valence-corrected chi connectivity index (χ1v) is 5.85. The van der Waals surface area contributed by atoms with E-state index < -0.39 is 0 Å². The predicted octanol–water partition coefficient (Wildman–Crippen LogP) is 2.57. The Balaban J connectivity index is 2.27. The van der Waals surface area contributed by atoms with E-state index in [0.29, 0.717) is 23.2 Å². The molecule has 0 radical (unpaired) electrons. The summed E-state index contributed by atoms with van der Waals surface area (Å²) in [6.45, 7) is 6.42. The average Bonchev–Trinajstić information content (AvgIpc) is 2.20. The normalized spacial score (nSPS) is 11.1. The molecule has 0 atom stereocenters. The molecule has 2 N–H and O–H groups in total. The van der Waals surface area contributed by atoms with Gasteiger partial charge in [-0.05, 0) is 12.1 Å². The minimum atomic E-state index is -0.253. The minimum Gasteiger partial charge on any atom is -0.313 e. The summed E-state index contributed by atoms with van der Waals surface area (Å²) in [7, 11) is 0. The van der Waals surface area contributed by atoms with Crippen LogP contribution in [0.5, 0.6) is 0 Å². The molecule has 0 fully saturated rings. The van der Waals surface area contributed by atoms with Gasteiger partial charge in [0.25, 0.3) is 0 Å². The van der Waals surface area contributed by atoms with E-state index in [2.05, 4.69) is 24.5 Å². The van der Waals surface area contributed by atoms with Crippen LogP contribution in [-0.4, -0.2) is 19.1 Å². The molecule has 0 saturated heterocycles. The Hall–Kier alpha value is -0.640. The van der Waals surface area contributed by atoms with E-state index in [1.807, 2.05) is 0 Å². The highest BCUT2D eigenvalue weighted by Crippen LogP contribution is 2.14. The van der Waals surface area contributed by atoms with Crippen LogP contribution in [0, 0.1) is 5.82 Å². The summed E-state index contributed by atoms with van der Waals surface area (Å²) in [5.74, 6) is -0.253. The Kier molecular flexibility index (Phi) is 5.74. The Morgan fingerprint density at radius 1 is 1.31 bits per heavy atom. The fourth-order valence-corrected chi connectivity index (χ4v) is 1.50. The first kappa shape index (κ1) is 13.4. The van der Waals surface area contributed by atoms with Crippen molar-refractivity contribution in [2.24, 2.45) is 0 Å². The van der Waals surface area contributed by atoms with E-state index in [4.69, 9.17) is 11.6 Å². The van der Waals surface area contributed by atoms with Gasteiger partial charge in [-0.15, -0.1) is 0 Å². The van der Waals surface area contributed by atoms with E-state index in [-0.39, 0.29) is 5.82 Å². The molecule has 0 aromatic heterocycles. The van der Waals surface area contributed by atoms with Gasteiger partial charge in [0.05, 0.1) is 0 Å². The number of hydrogen-bond acceptors (Lipinski definition) is 2. The second kappa shape index (κ2) is 6.84. The zero-order chi connectivity index (χ0) is 12.0. The van der Waals surface area contributed by atoms with Gasteiger partial charge >= 0.3 is 0 Å². The van der Waals surface area contributed by atoms with Gasteiger partial charge in [-0.2, -0.15) is 0 Å². The lowest BCUT2D eigenvalue weighted by Crippen LogP contribution is -2.31. The topological polar surface area (TPSA) is 24.1 Å². The van der Waals surface area contributed by atoms with E-state index in [0.717, 1.165) is 13.1 Å². The number of hydrogen-bond donors (Lipinski definition) is 2. The molecule has 0 aliphatic heterocycles. The van der Waals surface area contributed by atoms with Gasteiger partial charge in [0.15, 0.2) is 0 Å². The molecule has 0 aliphatic rings. The summed E-state index contributed by atoms with van der Waals surface area (Å²) in [4.78, 5) is 0. The first-order valence-electron chi connectivity index (χ1n) is 5.47. The molecular formula is C12H18ClFN2. The number of halogens is 2. The summed E-state index contributed by atoms with van der Waals surface area (Å²) < 4.78 is 13.3. The van der Waals surface area contributed by atoms with Crippen LogP contribution in [0.15, 0.2) is 18.2 Å². The molecule has 1 rings (SSSR count). The summed E-state index contributed by atoms with van der Waals surface area (Å²) >= 11 is 5.67. The average molecular weight is 245 g/mol. The second-order valence-electron chi connectivity index (χ2n) is 4.02. The molecule has 1 aromatic rings. The van der Waals surface area contributed by atoms with E-state index in [1.54, 1.807) is 12.1 Å². The van der Waals surface area contributed by atoms with Crippen molar-refractivity contribution in [1.82, 2.24) is 10.6 Å². The van der Waals surface area contributed by atoms with Crippen LogP contribution >= 0.6 is 11.6 Å². The number of benzene rings is 1. The van der Waals surface area contributed by atoms with Crippen molar-refractivity contribution in [3.63, 3.8) is 0 Å². The van der Waals surface area contributed by atoms with Crippen molar-refractivity contribution in [1.29, 1.82) is 0 Å². The van der Waals surface area contributed by atoms with Crippen LogP contribution < -0.4 is 10.6 Å². The molecule has 90 valence electrons. The number of rotatable bonds is 6. The lowest BCUT2D eigenvalue weighted by atomic mass is 10.2. The molecule has 0 aliphatic carbocycles. The predicted molar refractivity (Wildman–Crippen MR) is 66.3 cm³/mol. The smallest absolute Gasteiger partial charge is 0.129 e. The first-order chi connectivity index (χ1) is 7.59. The molecular weight excluding hydrogens is 227 g/mol. The third kappa shape index (κ3) is 4.92. The standard InChI is InChI=1S/C12H18ClFN2/c1-9(2)16-6-5-15-8-10-3-4-11(13)7-12(10)14/h3-4,7,9,15-16H,5-6,8H2,1-2H3. The van der Waals surface area contributed by atoms with Crippen LogP contribution in [0.4, 0.5) is 4.39 Å². The molecule has 0 saturated carbocycles. The van der Waals surface area contributed by atoms with Gasteiger partial charge in [-0.1, -0.05) is 31.5 Å². The highest BCUT2D eigenvalue weighted by Gasteiger charge is 2.01. The monoisotopic (exact) mass is 244 g/mol. The molecule has 4 heteroatoms. The van der Waals surface area contributed by atoms with Gasteiger partial charge in [-0.25, -0.2) is 4.39 Å².